The Morgan fingerprint density at radius 1 is 1.12 bits per heavy atom. The first-order chi connectivity index (χ1) is 12.2. The molecule has 2 heterocycles. The van der Waals surface area contributed by atoms with Crippen molar-refractivity contribution in [2.75, 3.05) is 25.2 Å². The van der Waals surface area contributed by atoms with Gasteiger partial charge in [0.15, 0.2) is 11.5 Å². The van der Waals surface area contributed by atoms with Gasteiger partial charge in [-0.2, -0.15) is 0 Å². The Hall–Kier alpha value is -2.76. The third-order valence-electron chi connectivity index (χ3n) is 4.54. The number of likely N-dealkylation sites (tertiary alicyclic amines) is 1. The van der Waals surface area contributed by atoms with Crippen LogP contribution >= 0.6 is 0 Å². The maximum Gasteiger partial charge on any atom is 0.254 e. The van der Waals surface area contributed by atoms with Gasteiger partial charge in [-0.25, -0.2) is 4.39 Å². The van der Waals surface area contributed by atoms with E-state index in [4.69, 9.17) is 9.47 Å². The van der Waals surface area contributed by atoms with Crippen molar-refractivity contribution in [2.45, 2.75) is 18.9 Å². The van der Waals surface area contributed by atoms with Crippen LogP contribution in [0.1, 0.15) is 23.2 Å². The van der Waals surface area contributed by atoms with Crippen LogP contribution in [0.2, 0.25) is 0 Å². The van der Waals surface area contributed by atoms with Gasteiger partial charge in [-0.1, -0.05) is 0 Å². The van der Waals surface area contributed by atoms with Crippen LogP contribution in [0.25, 0.3) is 0 Å². The van der Waals surface area contributed by atoms with Crippen LogP contribution in [0.3, 0.4) is 0 Å². The molecule has 1 fully saturated rings. The molecule has 0 spiro atoms. The first-order valence-corrected chi connectivity index (χ1v) is 8.40. The Labute approximate surface area is 145 Å². The summed E-state index contributed by atoms with van der Waals surface area (Å²) in [6.07, 6.45) is 1.90. The molecule has 0 saturated carbocycles. The monoisotopic (exact) mass is 342 g/mol. The molecule has 25 heavy (non-hydrogen) atoms. The highest BCUT2D eigenvalue weighted by Crippen LogP contribution is 2.33. The molecular weight excluding hydrogens is 323 g/mol. The van der Waals surface area contributed by atoms with Crippen LogP contribution in [-0.2, 0) is 0 Å². The lowest BCUT2D eigenvalue weighted by Gasteiger charge is -2.33. The molecule has 0 aromatic heterocycles. The minimum absolute atomic E-state index is 0.0103. The zero-order valence-electron chi connectivity index (χ0n) is 13.7. The van der Waals surface area contributed by atoms with Gasteiger partial charge in [0.2, 0.25) is 6.79 Å². The van der Waals surface area contributed by atoms with Gasteiger partial charge in [0.05, 0.1) is 0 Å². The number of carbonyl (C=O) groups excluding carboxylic acids is 1. The minimum Gasteiger partial charge on any atom is -0.454 e. The first kappa shape index (κ1) is 15.7. The number of benzene rings is 2. The third-order valence-corrected chi connectivity index (χ3v) is 4.54. The van der Waals surface area contributed by atoms with E-state index in [0.717, 1.165) is 25.1 Å². The quantitative estimate of drug-likeness (QED) is 0.930. The van der Waals surface area contributed by atoms with Gasteiger partial charge in [-0.05, 0) is 55.3 Å². The lowest BCUT2D eigenvalue weighted by molar-refractivity contribution is 0.0714. The SMILES string of the molecule is O=C(c1ccc2c(c1)OCO2)N1CCC[C@@H](Nc2ccc(F)cc2)C1. The molecule has 130 valence electrons. The molecule has 0 bridgehead atoms. The zero-order chi connectivity index (χ0) is 17.2. The van der Waals surface area contributed by atoms with Crippen LogP contribution < -0.4 is 14.8 Å². The Balaban J connectivity index is 1.43. The number of amides is 1. The average molecular weight is 342 g/mol. The lowest BCUT2D eigenvalue weighted by Crippen LogP contribution is -2.45. The van der Waals surface area contributed by atoms with Gasteiger partial charge < -0.3 is 19.7 Å². The smallest absolute Gasteiger partial charge is 0.254 e. The Morgan fingerprint density at radius 2 is 1.92 bits per heavy atom. The maximum atomic E-state index is 13.0. The highest BCUT2D eigenvalue weighted by molar-refractivity contribution is 5.95. The predicted molar refractivity (Wildman–Crippen MR) is 91.5 cm³/mol. The van der Waals surface area contributed by atoms with Crippen LogP contribution in [0.15, 0.2) is 42.5 Å². The highest BCUT2D eigenvalue weighted by atomic mass is 19.1. The van der Waals surface area contributed by atoms with Crippen molar-refractivity contribution in [3.05, 3.63) is 53.8 Å². The number of nitrogens with one attached hydrogen (secondary N) is 1. The highest BCUT2D eigenvalue weighted by Gasteiger charge is 2.26. The summed E-state index contributed by atoms with van der Waals surface area (Å²) in [5.74, 6) is 1.02. The summed E-state index contributed by atoms with van der Waals surface area (Å²) in [6.45, 7) is 1.54. The number of ether oxygens (including phenoxy) is 2. The Kier molecular flexibility index (Phi) is 4.17. The molecule has 2 aliphatic heterocycles. The van der Waals surface area contributed by atoms with E-state index < -0.39 is 0 Å². The molecule has 6 heteroatoms. The fourth-order valence-corrected chi connectivity index (χ4v) is 3.27. The second-order valence-electron chi connectivity index (χ2n) is 6.31. The number of halogens is 1. The zero-order valence-corrected chi connectivity index (χ0v) is 13.7. The van der Waals surface area contributed by atoms with Crippen molar-refractivity contribution < 1.29 is 18.7 Å². The Bertz CT molecular complexity index is 779. The van der Waals surface area contributed by atoms with Gasteiger partial charge in [0.25, 0.3) is 5.91 Å². The second-order valence-corrected chi connectivity index (χ2v) is 6.31. The van der Waals surface area contributed by atoms with Gasteiger partial charge in [0.1, 0.15) is 5.82 Å². The van der Waals surface area contributed by atoms with E-state index in [9.17, 15) is 9.18 Å². The summed E-state index contributed by atoms with van der Waals surface area (Å²) in [5.41, 5.74) is 1.47. The van der Waals surface area contributed by atoms with Gasteiger partial charge in [-0.3, -0.25) is 4.79 Å². The molecule has 5 nitrogen and oxygen atoms in total. The van der Waals surface area contributed by atoms with Crippen molar-refractivity contribution in [3.8, 4) is 11.5 Å². The van der Waals surface area contributed by atoms with Crippen molar-refractivity contribution >= 4 is 11.6 Å². The fourth-order valence-electron chi connectivity index (χ4n) is 3.27. The summed E-state index contributed by atoms with van der Waals surface area (Å²) in [7, 11) is 0. The molecule has 1 N–H and O–H groups in total. The van der Waals surface area contributed by atoms with Crippen molar-refractivity contribution in [3.63, 3.8) is 0 Å². The molecule has 2 aromatic rings. The standard InChI is InChI=1S/C19H19FN2O3/c20-14-4-6-15(7-5-14)21-16-2-1-9-22(11-16)19(23)13-3-8-17-18(10-13)25-12-24-17/h3-8,10,16,21H,1-2,9,11-12H2/t16-/m1/s1. The average Bonchev–Trinajstić information content (AvgIpc) is 3.11. The van der Waals surface area contributed by atoms with Crippen molar-refractivity contribution in [2.24, 2.45) is 0 Å². The largest absolute Gasteiger partial charge is 0.454 e. The van der Waals surface area contributed by atoms with Crippen LogP contribution in [0.5, 0.6) is 11.5 Å². The normalized spacial score (nSPS) is 18.9. The number of nitrogens with zero attached hydrogens (tertiary/aromatic N) is 1. The number of anilines is 1. The Morgan fingerprint density at radius 3 is 2.76 bits per heavy atom. The molecule has 0 aliphatic carbocycles. The molecule has 1 amide bonds. The first-order valence-electron chi connectivity index (χ1n) is 8.40. The second kappa shape index (κ2) is 6.63. The predicted octanol–water partition coefficient (Wildman–Crippen LogP) is 3.27. The topological polar surface area (TPSA) is 50.8 Å². The fraction of sp³-hybridized carbons (Fsp3) is 0.316. The molecule has 0 unspecified atom stereocenters. The van der Waals surface area contributed by atoms with E-state index in [-0.39, 0.29) is 24.6 Å². The molecular formula is C19H19FN2O3. The lowest BCUT2D eigenvalue weighted by atomic mass is 10.0. The molecule has 0 radical (unpaired) electrons. The van der Waals surface area contributed by atoms with Crippen LogP contribution in [0.4, 0.5) is 10.1 Å². The molecule has 2 aromatic carbocycles. The molecule has 2 aliphatic rings. The van der Waals surface area contributed by atoms with E-state index in [2.05, 4.69) is 5.32 Å². The van der Waals surface area contributed by atoms with Gasteiger partial charge in [-0.15, -0.1) is 0 Å². The summed E-state index contributed by atoms with van der Waals surface area (Å²) < 4.78 is 23.7. The summed E-state index contributed by atoms with van der Waals surface area (Å²) in [6, 6.07) is 11.7. The van der Waals surface area contributed by atoms with Crippen molar-refractivity contribution in [1.82, 2.24) is 4.90 Å². The molecule has 1 atom stereocenters. The number of hydrogen-bond donors (Lipinski definition) is 1. The van der Waals surface area contributed by atoms with E-state index in [0.29, 0.717) is 23.6 Å². The minimum atomic E-state index is -0.256. The van der Waals surface area contributed by atoms with Crippen LogP contribution in [0, 0.1) is 5.82 Å². The van der Waals surface area contributed by atoms with Crippen LogP contribution in [-0.4, -0.2) is 36.7 Å². The van der Waals surface area contributed by atoms with Gasteiger partial charge in [0, 0.05) is 30.4 Å². The van der Waals surface area contributed by atoms with E-state index in [1.165, 1.54) is 12.1 Å². The number of hydrogen-bond acceptors (Lipinski definition) is 4. The third kappa shape index (κ3) is 3.38. The molecule has 1 saturated heterocycles. The van der Waals surface area contributed by atoms with Crippen molar-refractivity contribution in [1.29, 1.82) is 0 Å². The van der Waals surface area contributed by atoms with E-state index >= 15 is 0 Å². The summed E-state index contributed by atoms with van der Waals surface area (Å²) in [5, 5.41) is 3.38. The number of rotatable bonds is 3. The summed E-state index contributed by atoms with van der Waals surface area (Å²) >= 11 is 0. The number of fused-ring (bicyclic) bond motifs is 1. The number of carbonyl (C=O) groups is 1. The van der Waals surface area contributed by atoms with Gasteiger partial charge >= 0.3 is 0 Å². The number of piperidine rings is 1. The summed E-state index contributed by atoms with van der Waals surface area (Å²) in [4.78, 5) is 14.6. The molecule has 4 rings (SSSR count). The van der Waals surface area contributed by atoms with E-state index in [1.807, 2.05) is 4.90 Å². The van der Waals surface area contributed by atoms with E-state index in [1.54, 1.807) is 30.3 Å². The maximum absolute atomic E-state index is 13.0.